The van der Waals surface area contributed by atoms with Gasteiger partial charge in [-0.1, -0.05) is 30.3 Å². The Bertz CT molecular complexity index is 784. The number of benzene rings is 1. The van der Waals surface area contributed by atoms with E-state index in [0.717, 1.165) is 11.3 Å². The summed E-state index contributed by atoms with van der Waals surface area (Å²) in [6, 6.07) is 11.9. The van der Waals surface area contributed by atoms with Crippen molar-refractivity contribution in [3.63, 3.8) is 0 Å². The van der Waals surface area contributed by atoms with Crippen molar-refractivity contribution < 1.29 is 0 Å². The highest BCUT2D eigenvalue weighted by molar-refractivity contribution is 7.14. The smallest absolute Gasteiger partial charge is 0.216 e. The quantitative estimate of drug-likeness (QED) is 0.716. The first kappa shape index (κ1) is 13.0. The monoisotopic (exact) mass is 295 g/mol. The van der Waals surface area contributed by atoms with Gasteiger partial charge in [-0.15, -0.1) is 21.5 Å². The lowest BCUT2D eigenvalue weighted by Gasteiger charge is -1.96. The van der Waals surface area contributed by atoms with Crippen LogP contribution in [-0.4, -0.2) is 25.6 Å². The summed E-state index contributed by atoms with van der Waals surface area (Å²) in [5.41, 5.74) is 2.21. The van der Waals surface area contributed by atoms with Gasteiger partial charge in [0, 0.05) is 17.1 Å². The number of allylic oxidation sites excluding steroid dienone is 1. The molecule has 0 spiro atoms. The van der Waals surface area contributed by atoms with Gasteiger partial charge in [-0.25, -0.2) is 4.98 Å². The molecule has 7 nitrogen and oxygen atoms in total. The first-order valence-electron chi connectivity index (χ1n) is 5.98. The molecule has 2 heterocycles. The van der Waals surface area contributed by atoms with Gasteiger partial charge < -0.3 is 5.32 Å². The van der Waals surface area contributed by atoms with Crippen LogP contribution in [-0.2, 0) is 0 Å². The van der Waals surface area contributed by atoms with Gasteiger partial charge in [0.2, 0.25) is 5.82 Å². The fraction of sp³-hybridized carbons (Fsp3) is 0. The lowest BCUT2D eigenvalue weighted by atomic mass is 10.2. The molecule has 21 heavy (non-hydrogen) atoms. The molecule has 0 unspecified atom stereocenters. The second-order valence-corrected chi connectivity index (χ2v) is 4.81. The van der Waals surface area contributed by atoms with Crippen LogP contribution in [0.1, 0.15) is 5.82 Å². The summed E-state index contributed by atoms with van der Waals surface area (Å²) in [5.74, 6) is 0.241. The van der Waals surface area contributed by atoms with Crippen LogP contribution in [0.15, 0.2) is 41.9 Å². The van der Waals surface area contributed by atoms with Gasteiger partial charge in [-0.05, 0) is 5.21 Å². The topological polar surface area (TPSA) is 103 Å². The van der Waals surface area contributed by atoms with Gasteiger partial charge in [0.05, 0.1) is 5.69 Å². The van der Waals surface area contributed by atoms with Crippen molar-refractivity contribution in [2.45, 2.75) is 0 Å². The minimum atomic E-state index is 0.241. The number of aromatic nitrogens is 5. The predicted molar refractivity (Wildman–Crippen MR) is 78.9 cm³/mol. The van der Waals surface area contributed by atoms with Gasteiger partial charge in [-0.3, -0.25) is 0 Å². The van der Waals surface area contributed by atoms with E-state index in [1.165, 1.54) is 17.5 Å². The molecule has 2 N–H and O–H groups in total. The van der Waals surface area contributed by atoms with Crippen molar-refractivity contribution in [3.8, 4) is 17.3 Å². The molecule has 3 rings (SSSR count). The first-order chi connectivity index (χ1) is 10.4. The molecule has 0 aliphatic rings. The number of anilines is 1. The molecule has 1 aromatic carbocycles. The van der Waals surface area contributed by atoms with Crippen molar-refractivity contribution in [2.24, 2.45) is 0 Å². The molecule has 0 aliphatic heterocycles. The predicted octanol–water partition coefficient (Wildman–Crippen LogP) is 2.30. The van der Waals surface area contributed by atoms with Crippen molar-refractivity contribution in [1.82, 2.24) is 25.6 Å². The third-order valence-electron chi connectivity index (χ3n) is 2.62. The molecular formula is C13H9N7S. The second kappa shape index (κ2) is 5.94. The van der Waals surface area contributed by atoms with Crippen LogP contribution in [0.2, 0.25) is 0 Å². The number of nitriles is 1. The normalized spacial score (nSPS) is 11.1. The molecule has 8 heteroatoms. The summed E-state index contributed by atoms with van der Waals surface area (Å²) in [7, 11) is 0. The van der Waals surface area contributed by atoms with Crippen LogP contribution in [0.5, 0.6) is 0 Å². The van der Waals surface area contributed by atoms with Crippen LogP contribution >= 0.6 is 11.3 Å². The zero-order chi connectivity index (χ0) is 14.5. The van der Waals surface area contributed by atoms with Gasteiger partial charge in [-0.2, -0.15) is 10.5 Å². The molecule has 0 radical (unpaired) electrons. The average Bonchev–Trinajstić information content (AvgIpc) is 3.20. The number of hydrogen-bond acceptors (Lipinski definition) is 7. The van der Waals surface area contributed by atoms with E-state index in [1.807, 2.05) is 41.8 Å². The third kappa shape index (κ3) is 2.93. The van der Waals surface area contributed by atoms with Crippen molar-refractivity contribution in [1.29, 1.82) is 5.26 Å². The maximum Gasteiger partial charge on any atom is 0.216 e. The molecule has 2 aromatic heterocycles. The summed E-state index contributed by atoms with van der Waals surface area (Å²) >= 11 is 1.45. The summed E-state index contributed by atoms with van der Waals surface area (Å²) in [6.45, 7) is 0. The van der Waals surface area contributed by atoms with E-state index in [1.54, 1.807) is 0 Å². The molecule has 0 amide bonds. The van der Waals surface area contributed by atoms with Gasteiger partial charge >= 0.3 is 0 Å². The molecular weight excluding hydrogens is 286 g/mol. The van der Waals surface area contributed by atoms with Crippen LogP contribution < -0.4 is 5.32 Å². The Kier molecular flexibility index (Phi) is 3.66. The lowest BCUT2D eigenvalue weighted by Crippen LogP contribution is -1.92. The summed E-state index contributed by atoms with van der Waals surface area (Å²) in [4.78, 5) is 4.46. The Hall–Kier alpha value is -3.05. The van der Waals surface area contributed by atoms with E-state index in [4.69, 9.17) is 5.26 Å². The molecule has 0 bridgehead atoms. The van der Waals surface area contributed by atoms with E-state index in [0.29, 0.717) is 5.13 Å². The third-order valence-corrected chi connectivity index (χ3v) is 3.39. The van der Waals surface area contributed by atoms with Crippen molar-refractivity contribution in [3.05, 3.63) is 47.7 Å². The second-order valence-electron chi connectivity index (χ2n) is 3.95. The number of aromatic amines is 1. The molecule has 0 saturated heterocycles. The molecule has 0 atom stereocenters. The minimum Gasteiger partial charge on any atom is -0.337 e. The van der Waals surface area contributed by atoms with Crippen LogP contribution in [0, 0.1) is 11.3 Å². The van der Waals surface area contributed by atoms with E-state index in [-0.39, 0.29) is 11.4 Å². The molecule has 0 saturated carbocycles. The number of rotatable bonds is 4. The Labute approximate surface area is 124 Å². The zero-order valence-corrected chi connectivity index (χ0v) is 11.5. The number of thiazole rings is 1. The Morgan fingerprint density at radius 1 is 1.33 bits per heavy atom. The zero-order valence-electron chi connectivity index (χ0n) is 10.7. The number of nitrogens with zero attached hydrogens (tertiary/aromatic N) is 5. The minimum absolute atomic E-state index is 0.241. The van der Waals surface area contributed by atoms with Crippen LogP contribution in [0.25, 0.3) is 16.8 Å². The van der Waals surface area contributed by atoms with Gasteiger partial charge in [0.25, 0.3) is 0 Å². The molecule has 0 aliphatic carbocycles. The SMILES string of the molecule is N#CC(=CNc1nc(-c2ccccc2)cs1)c1nn[nH]n1. The van der Waals surface area contributed by atoms with E-state index in [2.05, 4.69) is 30.9 Å². The van der Waals surface area contributed by atoms with E-state index >= 15 is 0 Å². The summed E-state index contributed by atoms with van der Waals surface area (Å²) in [6.07, 6.45) is 1.51. The van der Waals surface area contributed by atoms with E-state index in [9.17, 15) is 0 Å². The summed E-state index contributed by atoms with van der Waals surface area (Å²) in [5, 5.41) is 27.9. The fourth-order valence-corrected chi connectivity index (χ4v) is 2.33. The van der Waals surface area contributed by atoms with Crippen molar-refractivity contribution in [2.75, 3.05) is 5.32 Å². The maximum absolute atomic E-state index is 9.06. The Balaban J connectivity index is 1.78. The fourth-order valence-electron chi connectivity index (χ4n) is 1.64. The van der Waals surface area contributed by atoms with Gasteiger partial charge in [0.15, 0.2) is 5.13 Å². The Morgan fingerprint density at radius 3 is 2.90 bits per heavy atom. The van der Waals surface area contributed by atoms with Crippen LogP contribution in [0.4, 0.5) is 5.13 Å². The highest BCUT2D eigenvalue weighted by atomic mass is 32.1. The highest BCUT2D eigenvalue weighted by Crippen LogP contribution is 2.24. The number of H-pyrrole nitrogens is 1. The van der Waals surface area contributed by atoms with Crippen molar-refractivity contribution >= 4 is 22.0 Å². The first-order valence-corrected chi connectivity index (χ1v) is 6.86. The number of tetrazole rings is 1. The largest absolute Gasteiger partial charge is 0.337 e. The Morgan fingerprint density at radius 2 is 2.19 bits per heavy atom. The molecule has 3 aromatic rings. The highest BCUT2D eigenvalue weighted by Gasteiger charge is 2.07. The van der Waals surface area contributed by atoms with Crippen LogP contribution in [0.3, 0.4) is 0 Å². The number of nitrogens with one attached hydrogen (secondary N) is 2. The standard InChI is InChI=1S/C13H9N7S/c14-6-10(12-17-19-20-18-12)7-15-13-16-11(8-21-13)9-4-2-1-3-5-9/h1-5,7-8H,(H,15,16)(H,17,18,19,20). The number of hydrogen-bond donors (Lipinski definition) is 2. The molecule has 0 fully saturated rings. The maximum atomic E-state index is 9.06. The summed E-state index contributed by atoms with van der Waals surface area (Å²) < 4.78 is 0. The lowest BCUT2D eigenvalue weighted by molar-refractivity contribution is 0.881. The van der Waals surface area contributed by atoms with Gasteiger partial charge in [0.1, 0.15) is 11.6 Å². The molecule has 102 valence electrons. The van der Waals surface area contributed by atoms with E-state index < -0.39 is 0 Å². The average molecular weight is 295 g/mol.